The van der Waals surface area contributed by atoms with Gasteiger partial charge in [0.05, 0.1) is 0 Å². The minimum absolute atomic E-state index is 0.0861. The number of hydrogen-bond acceptors (Lipinski definition) is 4. The lowest BCUT2D eigenvalue weighted by molar-refractivity contribution is 0.0637. The number of carbonyl (C=O) groups is 2. The summed E-state index contributed by atoms with van der Waals surface area (Å²) in [6, 6.07) is 13.6. The van der Waals surface area contributed by atoms with Crippen LogP contribution in [0.2, 0.25) is 0 Å². The third-order valence-corrected chi connectivity index (χ3v) is 6.25. The van der Waals surface area contributed by atoms with Gasteiger partial charge in [-0.05, 0) is 59.7 Å². The summed E-state index contributed by atoms with van der Waals surface area (Å²) in [5.74, 6) is 0.211. The Labute approximate surface area is 169 Å². The number of likely N-dealkylation sites (tertiary alicyclic amines) is 1. The average molecular weight is 385 g/mol. The zero-order chi connectivity index (χ0) is 20.0. The van der Waals surface area contributed by atoms with E-state index >= 15 is 0 Å². The number of nitrogens with zero attached hydrogens (tertiary/aromatic N) is 2. The van der Waals surface area contributed by atoms with Crippen LogP contribution in [0.5, 0.6) is 0 Å². The highest BCUT2D eigenvalue weighted by molar-refractivity contribution is 6.11. The summed E-state index contributed by atoms with van der Waals surface area (Å²) < 4.78 is 0. The summed E-state index contributed by atoms with van der Waals surface area (Å²) in [7, 11) is 0. The van der Waals surface area contributed by atoms with Crippen molar-refractivity contribution in [1.29, 1.82) is 0 Å². The standard InChI is InChI=1S/C24H23N3O2/c25-21-13-17(10-11-26-21)24(29)27-12-2-4-18(14-27)23(28)20-9-8-16-7-6-15-3-1-5-19(20)22(15)16/h1,3,5,8-11,13,18H,2,4,6-7,12,14H2,(H2,25,26)/t18-/m1/s1. The fraction of sp³-hybridized carbons (Fsp3) is 0.292. The molecule has 1 amide bonds. The molecule has 5 rings (SSSR count). The number of aromatic nitrogens is 1. The molecule has 1 aliphatic carbocycles. The fourth-order valence-corrected chi connectivity index (χ4v) is 4.82. The second kappa shape index (κ2) is 6.99. The topological polar surface area (TPSA) is 76.3 Å². The van der Waals surface area contributed by atoms with E-state index < -0.39 is 0 Å². The van der Waals surface area contributed by atoms with Crippen LogP contribution in [0.25, 0.3) is 10.8 Å². The second-order valence-electron chi connectivity index (χ2n) is 8.04. The van der Waals surface area contributed by atoms with Crippen LogP contribution in [0, 0.1) is 5.92 Å². The molecular weight excluding hydrogens is 362 g/mol. The van der Waals surface area contributed by atoms with Gasteiger partial charge in [-0.2, -0.15) is 0 Å². The Morgan fingerprint density at radius 1 is 1.07 bits per heavy atom. The minimum Gasteiger partial charge on any atom is -0.384 e. The smallest absolute Gasteiger partial charge is 0.254 e. The van der Waals surface area contributed by atoms with Gasteiger partial charge in [0.25, 0.3) is 5.91 Å². The first kappa shape index (κ1) is 17.9. The fourth-order valence-electron chi connectivity index (χ4n) is 4.82. The van der Waals surface area contributed by atoms with Crippen LogP contribution < -0.4 is 5.73 Å². The molecule has 1 aliphatic heterocycles. The molecule has 29 heavy (non-hydrogen) atoms. The van der Waals surface area contributed by atoms with Gasteiger partial charge in [-0.3, -0.25) is 9.59 Å². The minimum atomic E-state index is -0.176. The Balaban J connectivity index is 1.42. The lowest BCUT2D eigenvalue weighted by Gasteiger charge is -2.32. The summed E-state index contributed by atoms with van der Waals surface area (Å²) in [5.41, 5.74) is 9.71. The van der Waals surface area contributed by atoms with Gasteiger partial charge < -0.3 is 10.6 Å². The number of nitrogens with two attached hydrogens (primary N) is 1. The van der Waals surface area contributed by atoms with Gasteiger partial charge in [-0.1, -0.05) is 30.3 Å². The van der Waals surface area contributed by atoms with Crippen molar-refractivity contribution in [2.45, 2.75) is 25.7 Å². The van der Waals surface area contributed by atoms with Crippen LogP contribution in [-0.4, -0.2) is 34.7 Å². The lowest BCUT2D eigenvalue weighted by atomic mass is 9.87. The van der Waals surface area contributed by atoms with Gasteiger partial charge in [0.2, 0.25) is 0 Å². The first-order valence-electron chi connectivity index (χ1n) is 10.2. The van der Waals surface area contributed by atoms with Crippen molar-refractivity contribution in [3.63, 3.8) is 0 Å². The highest BCUT2D eigenvalue weighted by Gasteiger charge is 2.31. The predicted octanol–water partition coefficient (Wildman–Crippen LogP) is 3.65. The molecule has 1 fully saturated rings. The van der Waals surface area contributed by atoms with E-state index in [1.54, 1.807) is 23.2 Å². The molecule has 146 valence electrons. The first-order valence-corrected chi connectivity index (χ1v) is 10.2. The molecule has 1 atom stereocenters. The maximum atomic E-state index is 13.4. The molecule has 5 nitrogen and oxygen atoms in total. The number of hydrogen-bond donors (Lipinski definition) is 1. The van der Waals surface area contributed by atoms with Gasteiger partial charge in [-0.15, -0.1) is 0 Å². The highest BCUT2D eigenvalue weighted by Crippen LogP contribution is 2.34. The van der Waals surface area contributed by atoms with Crippen LogP contribution in [0.1, 0.15) is 44.7 Å². The average Bonchev–Trinajstić information content (AvgIpc) is 3.18. The van der Waals surface area contributed by atoms with Crippen LogP contribution in [0.15, 0.2) is 48.7 Å². The molecule has 3 aromatic rings. The predicted molar refractivity (Wildman–Crippen MR) is 113 cm³/mol. The molecular formula is C24H23N3O2. The number of amides is 1. The van der Waals surface area contributed by atoms with E-state index in [-0.39, 0.29) is 17.6 Å². The van der Waals surface area contributed by atoms with E-state index in [9.17, 15) is 9.59 Å². The van der Waals surface area contributed by atoms with Crippen LogP contribution >= 0.6 is 0 Å². The van der Waals surface area contributed by atoms with Crippen molar-refractivity contribution in [3.8, 4) is 0 Å². The maximum Gasteiger partial charge on any atom is 0.254 e. The number of pyridine rings is 1. The number of carbonyl (C=O) groups excluding carboxylic acids is 2. The summed E-state index contributed by atoms with van der Waals surface area (Å²) in [6.45, 7) is 1.11. The van der Waals surface area contributed by atoms with Gasteiger partial charge in [0, 0.05) is 36.3 Å². The van der Waals surface area contributed by atoms with Crippen molar-refractivity contribution < 1.29 is 9.59 Å². The molecule has 2 N–H and O–H groups in total. The SMILES string of the molecule is Nc1cc(C(=O)N2CCC[C@@H](C(=O)c3ccc4c5c(cccc35)CC4)C2)ccn1. The number of piperidine rings is 1. The molecule has 2 heterocycles. The number of rotatable bonds is 3. The van der Waals surface area contributed by atoms with E-state index in [0.717, 1.165) is 36.6 Å². The maximum absolute atomic E-state index is 13.4. The van der Waals surface area contributed by atoms with Crippen molar-refractivity contribution in [3.05, 3.63) is 70.9 Å². The number of aryl methyl sites for hydroxylation is 2. The van der Waals surface area contributed by atoms with Gasteiger partial charge >= 0.3 is 0 Å². The summed E-state index contributed by atoms with van der Waals surface area (Å²) >= 11 is 0. The quantitative estimate of drug-likeness (QED) is 0.698. The normalized spacial score (nSPS) is 18.2. The molecule has 1 saturated heterocycles. The zero-order valence-corrected chi connectivity index (χ0v) is 16.2. The molecule has 0 radical (unpaired) electrons. The van der Waals surface area contributed by atoms with E-state index in [4.69, 9.17) is 5.73 Å². The Bertz CT molecular complexity index is 1130. The second-order valence-corrected chi connectivity index (χ2v) is 8.04. The molecule has 1 aromatic heterocycles. The summed E-state index contributed by atoms with van der Waals surface area (Å²) in [6.07, 6.45) is 5.27. The third-order valence-electron chi connectivity index (χ3n) is 6.25. The van der Waals surface area contributed by atoms with Crippen molar-refractivity contribution in [2.24, 2.45) is 5.92 Å². The van der Waals surface area contributed by atoms with Gasteiger partial charge in [0.15, 0.2) is 5.78 Å². The number of nitrogen functional groups attached to an aromatic ring is 1. The van der Waals surface area contributed by atoms with E-state index in [1.165, 1.54) is 16.5 Å². The Morgan fingerprint density at radius 2 is 1.90 bits per heavy atom. The molecule has 0 bridgehead atoms. The monoisotopic (exact) mass is 385 g/mol. The molecule has 2 aromatic carbocycles. The number of Topliss-reactive ketones (excluding diaryl/α,β-unsaturated/α-hetero) is 1. The van der Waals surface area contributed by atoms with Crippen LogP contribution in [-0.2, 0) is 12.8 Å². The Kier molecular flexibility index (Phi) is 4.31. The van der Waals surface area contributed by atoms with E-state index in [2.05, 4.69) is 23.2 Å². The zero-order valence-electron chi connectivity index (χ0n) is 16.2. The molecule has 0 saturated carbocycles. The van der Waals surface area contributed by atoms with Crippen molar-refractivity contribution in [2.75, 3.05) is 18.8 Å². The molecule has 2 aliphatic rings. The lowest BCUT2D eigenvalue weighted by Crippen LogP contribution is -2.42. The Morgan fingerprint density at radius 3 is 2.72 bits per heavy atom. The molecule has 0 unspecified atom stereocenters. The number of ketones is 1. The third kappa shape index (κ3) is 3.07. The van der Waals surface area contributed by atoms with Crippen LogP contribution in [0.4, 0.5) is 5.82 Å². The molecule has 5 heteroatoms. The number of anilines is 1. The summed E-state index contributed by atoms with van der Waals surface area (Å²) in [4.78, 5) is 32.1. The number of benzene rings is 2. The van der Waals surface area contributed by atoms with Crippen LogP contribution in [0.3, 0.4) is 0 Å². The largest absolute Gasteiger partial charge is 0.384 e. The molecule has 0 spiro atoms. The highest BCUT2D eigenvalue weighted by atomic mass is 16.2. The van der Waals surface area contributed by atoms with Crippen molar-refractivity contribution >= 4 is 28.3 Å². The summed E-state index contributed by atoms with van der Waals surface area (Å²) in [5, 5.41) is 2.32. The van der Waals surface area contributed by atoms with E-state index in [0.29, 0.717) is 24.5 Å². The van der Waals surface area contributed by atoms with E-state index in [1.807, 2.05) is 12.1 Å². The van der Waals surface area contributed by atoms with Gasteiger partial charge in [-0.25, -0.2) is 4.98 Å². The van der Waals surface area contributed by atoms with Gasteiger partial charge in [0.1, 0.15) is 5.82 Å². The first-order chi connectivity index (χ1) is 14.1. The Hall–Kier alpha value is -3.21. The van der Waals surface area contributed by atoms with Crippen molar-refractivity contribution in [1.82, 2.24) is 9.88 Å².